The summed E-state index contributed by atoms with van der Waals surface area (Å²) in [6.45, 7) is 3.56. The predicted octanol–water partition coefficient (Wildman–Crippen LogP) is 3.39. The highest BCUT2D eigenvalue weighted by Crippen LogP contribution is 2.23. The van der Waals surface area contributed by atoms with E-state index in [2.05, 4.69) is 25.6 Å². The second kappa shape index (κ2) is 5.88. The lowest BCUT2D eigenvalue weighted by Crippen LogP contribution is -2.27. The third-order valence-electron chi connectivity index (χ3n) is 2.52. The van der Waals surface area contributed by atoms with E-state index in [4.69, 9.17) is 0 Å². The fourth-order valence-electron chi connectivity index (χ4n) is 1.61. The summed E-state index contributed by atoms with van der Waals surface area (Å²) >= 11 is 4.49. The average Bonchev–Trinajstić information content (AvgIpc) is 2.74. The third-order valence-corrected chi connectivity index (χ3v) is 5.69. The molecular formula is C12H12BrFN2O2S2. The van der Waals surface area contributed by atoms with Crippen molar-refractivity contribution < 1.29 is 12.8 Å². The molecule has 8 heteroatoms. The quantitative estimate of drug-likeness (QED) is 0.886. The number of benzene rings is 1. The monoisotopic (exact) mass is 378 g/mol. The molecule has 0 saturated carbocycles. The molecule has 1 heterocycles. The molecule has 0 spiro atoms. The van der Waals surface area contributed by atoms with Crippen LogP contribution in [0.15, 0.2) is 33.8 Å². The van der Waals surface area contributed by atoms with E-state index >= 15 is 0 Å². The highest BCUT2D eigenvalue weighted by Gasteiger charge is 2.23. The third kappa shape index (κ3) is 3.43. The Morgan fingerprint density at radius 2 is 2.15 bits per heavy atom. The van der Waals surface area contributed by atoms with Gasteiger partial charge in [0.05, 0.1) is 6.04 Å². The van der Waals surface area contributed by atoms with Crippen LogP contribution in [0.25, 0.3) is 0 Å². The Morgan fingerprint density at radius 3 is 2.70 bits per heavy atom. The maximum absolute atomic E-state index is 13.7. The molecule has 2 aromatic rings. The number of nitrogens with one attached hydrogen (secondary N) is 1. The number of rotatable bonds is 4. The fourth-order valence-corrected chi connectivity index (χ4v) is 4.06. The summed E-state index contributed by atoms with van der Waals surface area (Å²) in [5.41, 5.74) is 0. The van der Waals surface area contributed by atoms with E-state index in [-0.39, 0.29) is 4.90 Å². The summed E-state index contributed by atoms with van der Waals surface area (Å²) in [4.78, 5) is 4.73. The van der Waals surface area contributed by atoms with Crippen molar-refractivity contribution in [3.05, 3.63) is 44.6 Å². The SMILES string of the molecule is Cc1cnc(C(C)NS(=O)(=O)c2ccc(Br)cc2F)s1. The standard InChI is InChI=1S/C12H12BrFN2O2S2/c1-7-6-15-12(19-7)8(2)16-20(17,18)11-4-3-9(13)5-10(11)14/h3-6,8,16H,1-2H3. The molecule has 0 bridgehead atoms. The van der Waals surface area contributed by atoms with Gasteiger partial charge in [-0.05, 0) is 32.0 Å². The molecule has 0 aliphatic carbocycles. The summed E-state index contributed by atoms with van der Waals surface area (Å²) in [5.74, 6) is -0.797. The average molecular weight is 379 g/mol. The Balaban J connectivity index is 2.27. The molecule has 0 saturated heterocycles. The van der Waals surface area contributed by atoms with Crippen molar-refractivity contribution in [2.45, 2.75) is 24.8 Å². The maximum atomic E-state index is 13.7. The van der Waals surface area contributed by atoms with Gasteiger partial charge in [-0.3, -0.25) is 0 Å². The van der Waals surface area contributed by atoms with Crippen molar-refractivity contribution >= 4 is 37.3 Å². The first-order chi connectivity index (χ1) is 9.29. The van der Waals surface area contributed by atoms with Crippen LogP contribution in [0, 0.1) is 12.7 Å². The summed E-state index contributed by atoms with van der Waals surface area (Å²) in [6, 6.07) is 3.31. The van der Waals surface area contributed by atoms with Gasteiger partial charge >= 0.3 is 0 Å². The predicted molar refractivity (Wildman–Crippen MR) is 79.7 cm³/mol. The first-order valence-electron chi connectivity index (χ1n) is 5.69. The molecule has 0 amide bonds. The van der Waals surface area contributed by atoms with Gasteiger partial charge < -0.3 is 0 Å². The molecule has 1 N–H and O–H groups in total. The molecule has 1 atom stereocenters. The molecule has 0 aliphatic heterocycles. The van der Waals surface area contributed by atoms with Crippen molar-refractivity contribution in [1.29, 1.82) is 0 Å². The molecule has 1 aromatic heterocycles. The van der Waals surface area contributed by atoms with E-state index in [1.165, 1.54) is 23.5 Å². The first-order valence-corrected chi connectivity index (χ1v) is 8.78. The van der Waals surface area contributed by atoms with Crippen LogP contribution in [-0.4, -0.2) is 13.4 Å². The minimum absolute atomic E-state index is 0.374. The topological polar surface area (TPSA) is 59.1 Å². The Kier molecular flexibility index (Phi) is 4.58. The highest BCUT2D eigenvalue weighted by atomic mass is 79.9. The molecule has 4 nitrogen and oxygen atoms in total. The smallest absolute Gasteiger partial charge is 0.244 e. The lowest BCUT2D eigenvalue weighted by Gasteiger charge is -2.12. The van der Waals surface area contributed by atoms with Gasteiger partial charge in [0, 0.05) is 15.5 Å². The molecule has 2 rings (SSSR count). The Morgan fingerprint density at radius 1 is 1.45 bits per heavy atom. The minimum atomic E-state index is -3.93. The van der Waals surface area contributed by atoms with Crippen LogP contribution in [0.2, 0.25) is 0 Å². The second-order valence-electron chi connectivity index (χ2n) is 4.23. The normalized spacial score (nSPS) is 13.4. The van der Waals surface area contributed by atoms with Crippen LogP contribution in [-0.2, 0) is 10.0 Å². The van der Waals surface area contributed by atoms with Gasteiger partial charge in [-0.1, -0.05) is 15.9 Å². The molecular weight excluding hydrogens is 367 g/mol. The van der Waals surface area contributed by atoms with Crippen molar-refractivity contribution in [3.8, 4) is 0 Å². The van der Waals surface area contributed by atoms with Gasteiger partial charge in [0.25, 0.3) is 0 Å². The van der Waals surface area contributed by atoms with Crippen molar-refractivity contribution in [2.24, 2.45) is 0 Å². The lowest BCUT2D eigenvalue weighted by atomic mass is 10.3. The van der Waals surface area contributed by atoms with Gasteiger partial charge in [0.15, 0.2) is 0 Å². The number of halogens is 2. The zero-order valence-corrected chi connectivity index (χ0v) is 13.9. The van der Waals surface area contributed by atoms with E-state index < -0.39 is 21.9 Å². The largest absolute Gasteiger partial charge is 0.248 e. The molecule has 0 fully saturated rings. The van der Waals surface area contributed by atoms with Gasteiger partial charge in [-0.25, -0.2) is 22.5 Å². The number of hydrogen-bond acceptors (Lipinski definition) is 4. The van der Waals surface area contributed by atoms with Gasteiger partial charge in [0.2, 0.25) is 10.0 Å². The zero-order valence-electron chi connectivity index (χ0n) is 10.7. The van der Waals surface area contributed by atoms with E-state index in [0.717, 1.165) is 10.9 Å². The molecule has 20 heavy (non-hydrogen) atoms. The Labute approximate surface area is 129 Å². The maximum Gasteiger partial charge on any atom is 0.244 e. The van der Waals surface area contributed by atoms with Crippen molar-refractivity contribution in [1.82, 2.24) is 9.71 Å². The van der Waals surface area contributed by atoms with Crippen LogP contribution < -0.4 is 4.72 Å². The van der Waals surface area contributed by atoms with Crippen LogP contribution in [0.1, 0.15) is 22.9 Å². The van der Waals surface area contributed by atoms with Gasteiger partial charge in [-0.15, -0.1) is 11.3 Å². The summed E-state index contributed by atoms with van der Waals surface area (Å²) in [7, 11) is -3.93. The van der Waals surface area contributed by atoms with Gasteiger partial charge in [-0.2, -0.15) is 0 Å². The number of hydrogen-bond donors (Lipinski definition) is 1. The van der Waals surface area contributed by atoms with Crippen molar-refractivity contribution in [2.75, 3.05) is 0 Å². The lowest BCUT2D eigenvalue weighted by molar-refractivity contribution is 0.546. The minimum Gasteiger partial charge on any atom is -0.248 e. The number of aromatic nitrogens is 1. The number of thiazole rings is 1. The summed E-state index contributed by atoms with van der Waals surface area (Å²) in [6.07, 6.45) is 1.67. The van der Waals surface area contributed by atoms with Crippen LogP contribution >= 0.6 is 27.3 Å². The number of sulfonamides is 1. The van der Waals surface area contributed by atoms with E-state index in [1.807, 2.05) is 6.92 Å². The first kappa shape index (κ1) is 15.6. The molecule has 0 radical (unpaired) electrons. The summed E-state index contributed by atoms with van der Waals surface area (Å²) < 4.78 is 41.0. The number of nitrogens with zero attached hydrogens (tertiary/aromatic N) is 1. The molecule has 1 unspecified atom stereocenters. The fraction of sp³-hybridized carbons (Fsp3) is 0.250. The van der Waals surface area contributed by atoms with Crippen molar-refractivity contribution in [3.63, 3.8) is 0 Å². The Bertz CT molecular complexity index is 731. The highest BCUT2D eigenvalue weighted by molar-refractivity contribution is 9.10. The zero-order chi connectivity index (χ0) is 14.9. The Hall–Kier alpha value is -0.830. The number of aryl methyl sites for hydroxylation is 1. The van der Waals surface area contributed by atoms with Crippen LogP contribution in [0.4, 0.5) is 4.39 Å². The molecule has 1 aromatic carbocycles. The van der Waals surface area contributed by atoms with Crippen LogP contribution in [0.3, 0.4) is 0 Å². The van der Waals surface area contributed by atoms with E-state index in [9.17, 15) is 12.8 Å². The van der Waals surface area contributed by atoms with Crippen LogP contribution in [0.5, 0.6) is 0 Å². The van der Waals surface area contributed by atoms with Gasteiger partial charge in [0.1, 0.15) is 15.7 Å². The second-order valence-corrected chi connectivity index (χ2v) is 8.09. The van der Waals surface area contributed by atoms with E-state index in [0.29, 0.717) is 9.48 Å². The van der Waals surface area contributed by atoms with E-state index in [1.54, 1.807) is 13.1 Å². The molecule has 0 aliphatic rings. The molecule has 108 valence electrons. The summed E-state index contributed by atoms with van der Waals surface area (Å²) in [5, 5.41) is 0.642.